The van der Waals surface area contributed by atoms with Crippen LogP contribution in [0.25, 0.3) is 0 Å². The van der Waals surface area contributed by atoms with Crippen molar-refractivity contribution in [3.8, 4) is 0 Å². The van der Waals surface area contributed by atoms with Gasteiger partial charge in [0.1, 0.15) is 0 Å². The maximum atomic E-state index is 8.69. The van der Waals surface area contributed by atoms with Crippen LogP contribution in [0.3, 0.4) is 0 Å². The largest absolute Gasteiger partial charge is 0.393 e. The van der Waals surface area contributed by atoms with Crippen molar-refractivity contribution in [3.05, 3.63) is 0 Å². The lowest BCUT2D eigenvalue weighted by Crippen LogP contribution is -2.06. The Bertz CT molecular complexity index is 105. The van der Waals surface area contributed by atoms with Crippen LogP contribution in [-0.4, -0.2) is 38.9 Å². The lowest BCUT2D eigenvalue weighted by atomic mass is 10.1. The molecule has 0 rings (SSSR count). The highest BCUT2D eigenvalue weighted by Gasteiger charge is 1.98. The highest BCUT2D eigenvalue weighted by molar-refractivity contribution is 4.51. The normalized spacial score (nSPS) is 14.4. The van der Waals surface area contributed by atoms with Crippen molar-refractivity contribution in [2.75, 3.05) is 0 Å². The first-order valence-electron chi connectivity index (χ1n) is 5.62. The monoisotopic (exact) mass is 222 g/mol. The second-order valence-electron chi connectivity index (χ2n) is 3.90. The average molecular weight is 222 g/mol. The Hall–Kier alpha value is -0.160. The third-order valence-electron chi connectivity index (χ3n) is 1.82. The molecule has 4 heteroatoms. The first-order chi connectivity index (χ1) is 6.90. The topological polar surface area (TPSA) is 80.9 Å². The predicted molar refractivity (Wildman–Crippen MR) is 60.3 cm³/mol. The SMILES string of the molecule is CC(O)CCC(C)O.CCCCC(O)O. The minimum atomic E-state index is -1.10. The Morgan fingerprint density at radius 2 is 1.20 bits per heavy atom. The number of rotatable bonds is 6. The molecule has 0 fully saturated rings. The van der Waals surface area contributed by atoms with E-state index in [0.29, 0.717) is 19.3 Å². The molecule has 0 saturated heterocycles. The number of aliphatic hydroxyl groups excluding tert-OH is 3. The van der Waals surface area contributed by atoms with Gasteiger partial charge in [-0.1, -0.05) is 13.3 Å². The molecule has 0 aromatic carbocycles. The maximum Gasteiger partial charge on any atom is 0.151 e. The Balaban J connectivity index is 0. The van der Waals surface area contributed by atoms with Crippen molar-refractivity contribution in [2.24, 2.45) is 0 Å². The summed E-state index contributed by atoms with van der Waals surface area (Å²) in [5.41, 5.74) is 0. The summed E-state index contributed by atoms with van der Waals surface area (Å²) in [5.74, 6) is 0. The Kier molecular flexibility index (Phi) is 13.7. The summed E-state index contributed by atoms with van der Waals surface area (Å²) in [6.07, 6.45) is 2.18. The minimum absolute atomic E-state index is 0.274. The van der Waals surface area contributed by atoms with Gasteiger partial charge in [-0.2, -0.15) is 0 Å². The standard InChI is InChI=1S/C6H14O2.C5H12O2/c1-5(7)3-4-6(2)8;1-2-3-4-5(6)7/h5-8H,3-4H2,1-2H3;5-7H,2-4H2,1H3. The van der Waals surface area contributed by atoms with Crippen LogP contribution in [0.4, 0.5) is 0 Å². The summed E-state index contributed by atoms with van der Waals surface area (Å²) in [6.45, 7) is 5.47. The predicted octanol–water partition coefficient (Wildman–Crippen LogP) is 1.02. The fourth-order valence-corrected chi connectivity index (χ4v) is 0.869. The van der Waals surface area contributed by atoms with Crippen molar-refractivity contribution in [2.45, 2.75) is 71.4 Å². The second-order valence-corrected chi connectivity index (χ2v) is 3.90. The Morgan fingerprint density at radius 3 is 1.33 bits per heavy atom. The average Bonchev–Trinajstić information content (AvgIpc) is 2.12. The van der Waals surface area contributed by atoms with E-state index in [2.05, 4.69) is 0 Å². The van der Waals surface area contributed by atoms with Crippen LogP contribution in [0, 0.1) is 0 Å². The summed E-state index contributed by atoms with van der Waals surface area (Å²) in [6, 6.07) is 0. The van der Waals surface area contributed by atoms with E-state index in [1.807, 2.05) is 6.92 Å². The molecule has 0 aliphatic heterocycles. The molecule has 0 aromatic heterocycles. The number of unbranched alkanes of at least 4 members (excludes halogenated alkanes) is 1. The van der Waals surface area contributed by atoms with Crippen LogP contribution in [0.2, 0.25) is 0 Å². The van der Waals surface area contributed by atoms with Gasteiger partial charge in [0.2, 0.25) is 0 Å². The summed E-state index contributed by atoms with van der Waals surface area (Å²) < 4.78 is 0. The zero-order chi connectivity index (χ0) is 12.3. The van der Waals surface area contributed by atoms with Crippen molar-refractivity contribution in [3.63, 3.8) is 0 Å². The van der Waals surface area contributed by atoms with E-state index in [0.717, 1.165) is 12.8 Å². The smallest absolute Gasteiger partial charge is 0.151 e. The highest BCUT2D eigenvalue weighted by atomic mass is 16.5. The lowest BCUT2D eigenvalue weighted by Gasteiger charge is -2.04. The highest BCUT2D eigenvalue weighted by Crippen LogP contribution is 1.98. The molecule has 2 unspecified atom stereocenters. The van der Waals surface area contributed by atoms with Gasteiger partial charge in [0.05, 0.1) is 12.2 Å². The number of aliphatic hydroxyl groups is 4. The van der Waals surface area contributed by atoms with Gasteiger partial charge < -0.3 is 20.4 Å². The summed E-state index contributed by atoms with van der Waals surface area (Å²) in [7, 11) is 0. The molecular formula is C11H26O4. The maximum absolute atomic E-state index is 8.69. The van der Waals surface area contributed by atoms with E-state index in [1.165, 1.54) is 0 Å². The number of hydrogen-bond acceptors (Lipinski definition) is 4. The summed E-state index contributed by atoms with van der Waals surface area (Å²) in [4.78, 5) is 0. The fraction of sp³-hybridized carbons (Fsp3) is 1.00. The molecule has 4 N–H and O–H groups in total. The third-order valence-corrected chi connectivity index (χ3v) is 1.82. The molecule has 0 aliphatic rings. The minimum Gasteiger partial charge on any atom is -0.393 e. The molecular weight excluding hydrogens is 196 g/mol. The van der Waals surface area contributed by atoms with Crippen molar-refractivity contribution in [1.82, 2.24) is 0 Å². The fourth-order valence-electron chi connectivity index (χ4n) is 0.869. The van der Waals surface area contributed by atoms with Crippen molar-refractivity contribution >= 4 is 0 Å². The van der Waals surface area contributed by atoms with E-state index in [4.69, 9.17) is 20.4 Å². The van der Waals surface area contributed by atoms with E-state index >= 15 is 0 Å². The van der Waals surface area contributed by atoms with Crippen LogP contribution in [0.5, 0.6) is 0 Å². The zero-order valence-electron chi connectivity index (χ0n) is 10.1. The molecule has 0 saturated carbocycles. The van der Waals surface area contributed by atoms with Crippen molar-refractivity contribution in [1.29, 1.82) is 0 Å². The van der Waals surface area contributed by atoms with E-state index in [1.54, 1.807) is 13.8 Å². The Morgan fingerprint density at radius 1 is 0.800 bits per heavy atom. The van der Waals surface area contributed by atoms with Crippen LogP contribution >= 0.6 is 0 Å². The van der Waals surface area contributed by atoms with Gasteiger partial charge in [-0.3, -0.25) is 0 Å². The van der Waals surface area contributed by atoms with Gasteiger partial charge in [0, 0.05) is 0 Å². The molecule has 0 spiro atoms. The summed E-state index contributed by atoms with van der Waals surface area (Å²) in [5, 5.41) is 33.9. The molecule has 0 radical (unpaired) electrons. The van der Waals surface area contributed by atoms with Crippen LogP contribution in [0.15, 0.2) is 0 Å². The Labute approximate surface area is 92.6 Å². The van der Waals surface area contributed by atoms with Crippen LogP contribution < -0.4 is 0 Å². The molecule has 2 atom stereocenters. The molecule has 0 amide bonds. The van der Waals surface area contributed by atoms with E-state index < -0.39 is 6.29 Å². The molecule has 0 aromatic rings. The van der Waals surface area contributed by atoms with Gasteiger partial charge in [0.15, 0.2) is 6.29 Å². The first kappa shape index (κ1) is 17.2. The third kappa shape index (κ3) is 24.8. The van der Waals surface area contributed by atoms with E-state index in [9.17, 15) is 0 Å². The molecule has 4 nitrogen and oxygen atoms in total. The molecule has 94 valence electrons. The van der Waals surface area contributed by atoms with Gasteiger partial charge in [-0.15, -0.1) is 0 Å². The lowest BCUT2D eigenvalue weighted by molar-refractivity contribution is -0.0463. The van der Waals surface area contributed by atoms with Gasteiger partial charge >= 0.3 is 0 Å². The quantitative estimate of drug-likeness (QED) is 0.506. The molecule has 15 heavy (non-hydrogen) atoms. The molecule has 0 aliphatic carbocycles. The second kappa shape index (κ2) is 11.9. The number of hydrogen-bond donors (Lipinski definition) is 4. The first-order valence-corrected chi connectivity index (χ1v) is 5.62. The van der Waals surface area contributed by atoms with Crippen LogP contribution in [0.1, 0.15) is 52.9 Å². The molecule has 0 bridgehead atoms. The zero-order valence-corrected chi connectivity index (χ0v) is 10.1. The van der Waals surface area contributed by atoms with Gasteiger partial charge in [-0.05, 0) is 39.5 Å². The van der Waals surface area contributed by atoms with Crippen LogP contribution in [-0.2, 0) is 0 Å². The van der Waals surface area contributed by atoms with Gasteiger partial charge in [0.25, 0.3) is 0 Å². The summed E-state index contributed by atoms with van der Waals surface area (Å²) >= 11 is 0. The molecule has 0 heterocycles. The van der Waals surface area contributed by atoms with Gasteiger partial charge in [-0.25, -0.2) is 0 Å². The van der Waals surface area contributed by atoms with Crippen molar-refractivity contribution < 1.29 is 20.4 Å². The van der Waals surface area contributed by atoms with E-state index in [-0.39, 0.29) is 12.2 Å².